The zero-order valence-corrected chi connectivity index (χ0v) is 5.02. The lowest BCUT2D eigenvalue weighted by atomic mass is 9.81. The topological polar surface area (TPSA) is 17.1 Å². The summed E-state index contributed by atoms with van der Waals surface area (Å²) in [6.45, 7) is 3.72. The monoisotopic (exact) mass is 111 g/mol. The Bertz CT molecular complexity index is 88.6. The second-order valence-electron chi connectivity index (χ2n) is 2.46. The van der Waals surface area contributed by atoms with Gasteiger partial charge in [-0.2, -0.15) is 0 Å². The molecule has 0 aliphatic heterocycles. The molecule has 0 spiro atoms. The number of ketones is 1. The summed E-state index contributed by atoms with van der Waals surface area (Å²) in [6, 6.07) is 0. The third-order valence-corrected chi connectivity index (χ3v) is 1.65. The van der Waals surface area contributed by atoms with E-state index in [1.807, 2.05) is 0 Å². The van der Waals surface area contributed by atoms with Gasteiger partial charge in [-0.3, -0.25) is 4.79 Å². The number of hydrogen-bond acceptors (Lipinski definition) is 1. The average molecular weight is 111 g/mol. The average Bonchev–Trinajstić information content (AvgIpc) is 1.64. The van der Waals surface area contributed by atoms with Crippen LogP contribution in [0.3, 0.4) is 0 Å². The summed E-state index contributed by atoms with van der Waals surface area (Å²) in [7, 11) is 0. The molecule has 0 N–H and O–H groups in total. The van der Waals surface area contributed by atoms with Gasteiger partial charge in [0.25, 0.3) is 0 Å². The van der Waals surface area contributed by atoms with Crippen molar-refractivity contribution in [2.45, 2.75) is 25.7 Å². The first kappa shape index (κ1) is 5.80. The van der Waals surface area contributed by atoms with Crippen LogP contribution in [0.1, 0.15) is 25.7 Å². The first-order chi connectivity index (χ1) is 3.83. The smallest absolute Gasteiger partial charge is 0.133 e. The fraction of sp³-hybridized carbons (Fsp3) is 0.714. The molecule has 1 fully saturated rings. The number of carbonyl (C=O) groups excluding carboxylic acids is 1. The van der Waals surface area contributed by atoms with Crippen molar-refractivity contribution in [1.82, 2.24) is 0 Å². The van der Waals surface area contributed by atoms with Crippen LogP contribution >= 0.6 is 0 Å². The number of carbonyl (C=O) groups is 1. The molecule has 0 aromatic carbocycles. The van der Waals surface area contributed by atoms with E-state index < -0.39 is 0 Å². The minimum absolute atomic E-state index is 0.434. The molecule has 8 heavy (non-hydrogen) atoms. The fourth-order valence-electron chi connectivity index (χ4n) is 1.08. The van der Waals surface area contributed by atoms with E-state index in [0.717, 1.165) is 25.7 Å². The van der Waals surface area contributed by atoms with Crippen LogP contribution in [0.25, 0.3) is 0 Å². The molecule has 0 aromatic rings. The molecule has 1 rings (SSSR count). The van der Waals surface area contributed by atoms with Gasteiger partial charge in [0.05, 0.1) is 0 Å². The molecule has 1 saturated carbocycles. The molecule has 0 amide bonds. The highest BCUT2D eigenvalue weighted by Gasteiger charge is 2.24. The Balaban J connectivity index is 2.06. The Labute approximate surface area is 50.1 Å². The van der Waals surface area contributed by atoms with Crippen molar-refractivity contribution in [3.05, 3.63) is 6.92 Å². The van der Waals surface area contributed by atoms with Crippen molar-refractivity contribution in [2.75, 3.05) is 0 Å². The Morgan fingerprint density at radius 3 is 2.62 bits per heavy atom. The molecule has 0 saturated heterocycles. The molecule has 1 radical (unpaired) electrons. The lowest BCUT2D eigenvalue weighted by Crippen LogP contribution is -2.22. The highest BCUT2D eigenvalue weighted by Crippen LogP contribution is 2.26. The van der Waals surface area contributed by atoms with Gasteiger partial charge in [-0.25, -0.2) is 0 Å². The molecule has 0 heterocycles. The Hall–Kier alpha value is -0.330. The fourth-order valence-corrected chi connectivity index (χ4v) is 1.08. The predicted molar refractivity (Wildman–Crippen MR) is 32.3 cm³/mol. The van der Waals surface area contributed by atoms with Crippen molar-refractivity contribution < 1.29 is 4.79 Å². The molecule has 0 unspecified atom stereocenters. The molecule has 1 nitrogen and oxygen atoms in total. The summed E-state index contributed by atoms with van der Waals surface area (Å²) in [5, 5.41) is 0. The molecule has 45 valence electrons. The van der Waals surface area contributed by atoms with Gasteiger partial charge in [0.1, 0.15) is 5.78 Å². The zero-order chi connectivity index (χ0) is 5.98. The van der Waals surface area contributed by atoms with E-state index in [2.05, 4.69) is 6.92 Å². The van der Waals surface area contributed by atoms with E-state index in [1.54, 1.807) is 0 Å². The van der Waals surface area contributed by atoms with E-state index in [9.17, 15) is 4.79 Å². The Kier molecular flexibility index (Phi) is 1.66. The normalized spacial score (nSPS) is 20.9. The van der Waals surface area contributed by atoms with Crippen molar-refractivity contribution in [1.29, 1.82) is 0 Å². The van der Waals surface area contributed by atoms with Crippen LogP contribution in [0.2, 0.25) is 0 Å². The van der Waals surface area contributed by atoms with Crippen LogP contribution in [-0.2, 0) is 4.79 Å². The van der Waals surface area contributed by atoms with Gasteiger partial charge in [-0.15, -0.1) is 0 Å². The molecule has 0 bridgehead atoms. The third-order valence-electron chi connectivity index (χ3n) is 1.65. The summed E-state index contributed by atoms with van der Waals surface area (Å²) in [6.07, 6.45) is 3.79. The van der Waals surface area contributed by atoms with E-state index in [0.29, 0.717) is 11.7 Å². The van der Waals surface area contributed by atoms with Crippen LogP contribution < -0.4 is 0 Å². The van der Waals surface area contributed by atoms with E-state index in [1.165, 1.54) is 0 Å². The summed E-state index contributed by atoms with van der Waals surface area (Å²) >= 11 is 0. The van der Waals surface area contributed by atoms with Crippen LogP contribution in [0.5, 0.6) is 0 Å². The molecule has 0 atom stereocenters. The molecule has 1 aliphatic rings. The Morgan fingerprint density at radius 2 is 2.25 bits per heavy atom. The van der Waals surface area contributed by atoms with Crippen molar-refractivity contribution >= 4 is 5.78 Å². The minimum atomic E-state index is 0.434. The quantitative estimate of drug-likeness (QED) is 0.528. The third kappa shape index (κ3) is 1.09. The van der Waals surface area contributed by atoms with E-state index in [-0.39, 0.29) is 0 Å². The maximum absolute atomic E-state index is 10.4. The number of hydrogen-bond donors (Lipinski definition) is 0. The second kappa shape index (κ2) is 2.29. The molecular formula is C7H11O. The number of Topliss-reactive ketones (excluding diaryl/α,β-unsaturated/α-hetero) is 1. The first-order valence-corrected chi connectivity index (χ1v) is 3.14. The lowest BCUT2D eigenvalue weighted by Gasteiger charge is -2.22. The van der Waals surface area contributed by atoms with Crippen molar-refractivity contribution in [3.63, 3.8) is 0 Å². The molecule has 1 aliphatic carbocycles. The van der Waals surface area contributed by atoms with Crippen LogP contribution in [0.15, 0.2) is 0 Å². The molecule has 1 heteroatoms. The van der Waals surface area contributed by atoms with Gasteiger partial charge < -0.3 is 0 Å². The summed E-state index contributed by atoms with van der Waals surface area (Å²) in [4.78, 5) is 10.4. The molecule has 0 aromatic heterocycles. The Morgan fingerprint density at radius 1 is 1.62 bits per heavy atom. The number of rotatable bonds is 2. The maximum atomic E-state index is 10.4. The van der Waals surface area contributed by atoms with Crippen LogP contribution in [0, 0.1) is 12.8 Å². The molecular weight excluding hydrogens is 100 g/mol. The van der Waals surface area contributed by atoms with Crippen molar-refractivity contribution in [2.24, 2.45) is 5.92 Å². The predicted octanol–water partition coefficient (Wildman–Crippen LogP) is 1.58. The summed E-state index contributed by atoms with van der Waals surface area (Å²) in [5.41, 5.74) is 0. The zero-order valence-electron chi connectivity index (χ0n) is 5.02. The highest BCUT2D eigenvalue weighted by atomic mass is 16.1. The maximum Gasteiger partial charge on any atom is 0.133 e. The van der Waals surface area contributed by atoms with Crippen LogP contribution in [0.4, 0.5) is 0 Å². The second-order valence-corrected chi connectivity index (χ2v) is 2.46. The van der Waals surface area contributed by atoms with E-state index >= 15 is 0 Å². The lowest BCUT2D eigenvalue weighted by molar-refractivity contribution is -0.126. The van der Waals surface area contributed by atoms with Gasteiger partial charge in [0.15, 0.2) is 0 Å². The summed E-state index contributed by atoms with van der Waals surface area (Å²) < 4.78 is 0. The SMILES string of the molecule is [CH2]CCC1CC(=O)C1. The highest BCUT2D eigenvalue weighted by molar-refractivity contribution is 5.84. The van der Waals surface area contributed by atoms with Gasteiger partial charge in [0, 0.05) is 12.8 Å². The standard InChI is InChI=1S/C7H11O/c1-2-3-6-4-7(8)5-6/h6H,1-5H2. The minimum Gasteiger partial charge on any atom is -0.300 e. The van der Waals surface area contributed by atoms with Gasteiger partial charge in [0.2, 0.25) is 0 Å². The summed E-state index contributed by atoms with van der Waals surface area (Å²) in [5.74, 6) is 1.13. The van der Waals surface area contributed by atoms with E-state index in [4.69, 9.17) is 0 Å². The van der Waals surface area contributed by atoms with Gasteiger partial charge in [-0.1, -0.05) is 13.3 Å². The van der Waals surface area contributed by atoms with Gasteiger partial charge in [-0.05, 0) is 12.3 Å². The largest absolute Gasteiger partial charge is 0.300 e. The first-order valence-electron chi connectivity index (χ1n) is 3.14. The van der Waals surface area contributed by atoms with Crippen LogP contribution in [-0.4, -0.2) is 5.78 Å². The van der Waals surface area contributed by atoms with Gasteiger partial charge >= 0.3 is 0 Å². The van der Waals surface area contributed by atoms with Crippen molar-refractivity contribution in [3.8, 4) is 0 Å².